The average Bonchev–Trinajstić information content (AvgIpc) is 3.18. The van der Waals surface area contributed by atoms with Crippen molar-refractivity contribution >= 4 is 17.3 Å². The lowest BCUT2D eigenvalue weighted by molar-refractivity contribution is -0.153. The zero-order valence-corrected chi connectivity index (χ0v) is 12.3. The zero-order chi connectivity index (χ0) is 16.0. The molecule has 0 bridgehead atoms. The molecule has 0 atom stereocenters. The predicted molar refractivity (Wildman–Crippen MR) is 73.1 cm³/mol. The summed E-state index contributed by atoms with van der Waals surface area (Å²) in [6, 6.07) is 2.22. The highest BCUT2D eigenvalue weighted by atomic mass is 35.5. The summed E-state index contributed by atoms with van der Waals surface area (Å²) in [6.07, 6.45) is -2.93. The molecule has 0 unspecified atom stereocenters. The summed E-state index contributed by atoms with van der Waals surface area (Å²) in [5.74, 6) is -0.740. The molecule has 0 aromatic heterocycles. The van der Waals surface area contributed by atoms with Crippen molar-refractivity contribution in [1.82, 2.24) is 0 Å². The number of anilines is 1. The second-order valence-electron chi connectivity index (χ2n) is 5.60. The van der Waals surface area contributed by atoms with Gasteiger partial charge in [-0.15, -0.1) is 0 Å². The van der Waals surface area contributed by atoms with E-state index in [1.807, 2.05) is 0 Å². The number of rotatable bonds is 3. The van der Waals surface area contributed by atoms with Crippen molar-refractivity contribution in [2.24, 2.45) is 0 Å². The number of alkyl halides is 3. The molecule has 2 saturated heterocycles. The molecule has 122 valence electrons. The number of piperidine rings is 1. The van der Waals surface area contributed by atoms with Crippen LogP contribution < -0.4 is 9.64 Å². The predicted octanol–water partition coefficient (Wildman–Crippen LogP) is 3.79. The number of epoxide rings is 1. The first kappa shape index (κ1) is 15.7. The minimum absolute atomic E-state index is 0.0605. The average molecular weight is 340 g/mol. The van der Waals surface area contributed by atoms with Crippen molar-refractivity contribution in [2.45, 2.75) is 24.6 Å². The van der Waals surface area contributed by atoms with Crippen molar-refractivity contribution in [3.63, 3.8) is 0 Å². The van der Waals surface area contributed by atoms with E-state index in [0.29, 0.717) is 13.1 Å². The normalized spacial score (nSPS) is 20.3. The first-order valence-corrected chi connectivity index (χ1v) is 7.23. The summed E-state index contributed by atoms with van der Waals surface area (Å²) in [5.41, 5.74) is 0.145. The summed E-state index contributed by atoms with van der Waals surface area (Å²) in [7, 11) is 0. The first-order chi connectivity index (χ1) is 10.3. The van der Waals surface area contributed by atoms with Gasteiger partial charge in [0.25, 0.3) is 0 Å². The fourth-order valence-electron chi connectivity index (χ4n) is 2.58. The maximum atomic E-state index is 14.1. The van der Waals surface area contributed by atoms with E-state index in [2.05, 4.69) is 4.74 Å². The van der Waals surface area contributed by atoms with E-state index in [1.54, 1.807) is 4.90 Å². The van der Waals surface area contributed by atoms with Gasteiger partial charge in [-0.05, 0) is 18.9 Å². The van der Waals surface area contributed by atoms with Gasteiger partial charge in [0.1, 0.15) is 11.6 Å². The maximum Gasteiger partial charge on any atom is 0.422 e. The van der Waals surface area contributed by atoms with Gasteiger partial charge in [-0.2, -0.15) is 13.2 Å². The third kappa shape index (κ3) is 3.41. The third-order valence-electron chi connectivity index (χ3n) is 3.96. The Morgan fingerprint density at radius 2 is 1.91 bits per heavy atom. The van der Waals surface area contributed by atoms with Crippen LogP contribution in [0.5, 0.6) is 5.75 Å². The van der Waals surface area contributed by atoms with Crippen LogP contribution in [0.1, 0.15) is 12.8 Å². The highest BCUT2D eigenvalue weighted by molar-refractivity contribution is 6.32. The molecular weight excluding hydrogens is 326 g/mol. The standard InChI is InChI=1S/C14H14ClF4NO2/c15-9-5-10(16)11(6-12(9)21-8-14(17,18)19)20-3-1-13(2-4-20)7-22-13/h5-6H,1-4,7-8H2. The Morgan fingerprint density at radius 1 is 1.27 bits per heavy atom. The summed E-state index contributed by atoms with van der Waals surface area (Å²) in [4.78, 5) is 1.78. The van der Waals surface area contributed by atoms with Crippen molar-refractivity contribution in [3.05, 3.63) is 23.0 Å². The molecule has 3 nitrogen and oxygen atoms in total. The van der Waals surface area contributed by atoms with Crippen molar-refractivity contribution < 1.29 is 27.0 Å². The fourth-order valence-corrected chi connectivity index (χ4v) is 2.78. The zero-order valence-electron chi connectivity index (χ0n) is 11.6. The molecule has 0 radical (unpaired) electrons. The largest absolute Gasteiger partial charge is 0.482 e. The molecule has 1 aromatic carbocycles. The topological polar surface area (TPSA) is 25.0 Å². The smallest absolute Gasteiger partial charge is 0.422 e. The van der Waals surface area contributed by atoms with E-state index in [9.17, 15) is 17.6 Å². The van der Waals surface area contributed by atoms with Crippen LogP contribution in [-0.4, -0.2) is 38.1 Å². The molecule has 8 heteroatoms. The quantitative estimate of drug-likeness (QED) is 0.619. The van der Waals surface area contributed by atoms with Gasteiger partial charge >= 0.3 is 6.18 Å². The second-order valence-corrected chi connectivity index (χ2v) is 6.00. The number of benzene rings is 1. The van der Waals surface area contributed by atoms with Crippen LogP contribution in [0, 0.1) is 5.82 Å². The third-order valence-corrected chi connectivity index (χ3v) is 4.26. The Hall–Kier alpha value is -1.21. The van der Waals surface area contributed by atoms with Gasteiger partial charge in [0, 0.05) is 19.2 Å². The molecule has 2 aliphatic heterocycles. The van der Waals surface area contributed by atoms with Crippen LogP contribution in [0.25, 0.3) is 0 Å². The number of hydrogen-bond acceptors (Lipinski definition) is 3. The van der Waals surface area contributed by atoms with E-state index >= 15 is 0 Å². The Kier molecular flexibility index (Phi) is 3.89. The molecule has 2 aliphatic rings. The van der Waals surface area contributed by atoms with Crippen LogP contribution >= 0.6 is 11.6 Å². The molecule has 3 rings (SSSR count). The van der Waals surface area contributed by atoms with E-state index in [-0.39, 0.29) is 22.1 Å². The SMILES string of the molecule is Fc1cc(Cl)c(OCC(F)(F)F)cc1N1CCC2(CC1)CO2. The van der Waals surface area contributed by atoms with E-state index < -0.39 is 18.6 Å². The van der Waals surface area contributed by atoms with Crippen molar-refractivity contribution in [3.8, 4) is 5.75 Å². The molecule has 22 heavy (non-hydrogen) atoms. The van der Waals surface area contributed by atoms with Crippen molar-refractivity contribution in [1.29, 1.82) is 0 Å². The number of ether oxygens (including phenoxy) is 2. The van der Waals surface area contributed by atoms with Gasteiger partial charge in [0.2, 0.25) is 0 Å². The summed E-state index contributed by atoms with van der Waals surface area (Å²) in [5, 5.41) is -0.176. The molecule has 2 heterocycles. The van der Waals surface area contributed by atoms with Gasteiger partial charge in [0.05, 0.1) is 22.9 Å². The molecule has 0 saturated carbocycles. The first-order valence-electron chi connectivity index (χ1n) is 6.86. The second kappa shape index (κ2) is 5.45. The molecule has 0 N–H and O–H groups in total. The highest BCUT2D eigenvalue weighted by Crippen LogP contribution is 2.41. The fraction of sp³-hybridized carbons (Fsp3) is 0.571. The van der Waals surface area contributed by atoms with Crippen LogP contribution in [0.2, 0.25) is 5.02 Å². The monoisotopic (exact) mass is 339 g/mol. The van der Waals surface area contributed by atoms with Crippen LogP contribution in [-0.2, 0) is 4.74 Å². The number of hydrogen-bond donors (Lipinski definition) is 0. The van der Waals surface area contributed by atoms with Gasteiger partial charge in [-0.25, -0.2) is 4.39 Å². The number of halogens is 5. The maximum absolute atomic E-state index is 14.1. The lowest BCUT2D eigenvalue weighted by Gasteiger charge is -2.32. The Balaban J connectivity index is 1.75. The molecule has 1 aromatic rings. The summed E-state index contributed by atoms with van der Waals surface area (Å²) in [6.45, 7) is 0.424. The van der Waals surface area contributed by atoms with E-state index in [4.69, 9.17) is 16.3 Å². The highest BCUT2D eigenvalue weighted by Gasteiger charge is 2.46. The summed E-state index contributed by atoms with van der Waals surface area (Å²) >= 11 is 5.75. The molecule has 0 amide bonds. The van der Waals surface area contributed by atoms with Gasteiger partial charge in [-0.3, -0.25) is 0 Å². The molecule has 1 spiro atoms. The van der Waals surface area contributed by atoms with Crippen LogP contribution in [0.4, 0.5) is 23.2 Å². The number of nitrogens with zero attached hydrogens (tertiary/aromatic N) is 1. The Bertz CT molecular complexity index is 565. The Morgan fingerprint density at radius 3 is 2.45 bits per heavy atom. The van der Waals surface area contributed by atoms with Crippen molar-refractivity contribution in [2.75, 3.05) is 31.2 Å². The molecule has 0 aliphatic carbocycles. The van der Waals surface area contributed by atoms with Crippen LogP contribution in [0.3, 0.4) is 0 Å². The van der Waals surface area contributed by atoms with Gasteiger partial charge < -0.3 is 14.4 Å². The van der Waals surface area contributed by atoms with E-state index in [0.717, 1.165) is 25.5 Å². The van der Waals surface area contributed by atoms with Crippen LogP contribution in [0.15, 0.2) is 12.1 Å². The molecular formula is C14H14ClF4NO2. The lowest BCUT2D eigenvalue weighted by Crippen LogP contribution is -2.38. The summed E-state index contributed by atoms with van der Waals surface area (Å²) < 4.78 is 60.8. The van der Waals surface area contributed by atoms with E-state index in [1.165, 1.54) is 6.07 Å². The molecule has 2 fully saturated rings. The Labute approximate surface area is 129 Å². The lowest BCUT2D eigenvalue weighted by atomic mass is 9.97. The van der Waals surface area contributed by atoms with Gasteiger partial charge in [-0.1, -0.05) is 11.6 Å². The minimum Gasteiger partial charge on any atom is -0.482 e. The van der Waals surface area contributed by atoms with Gasteiger partial charge in [0.15, 0.2) is 6.61 Å². The minimum atomic E-state index is -4.47.